The van der Waals surface area contributed by atoms with Crippen LogP contribution >= 0.6 is 0 Å². The summed E-state index contributed by atoms with van der Waals surface area (Å²) in [7, 11) is -1.62. The molecule has 8 nitrogen and oxygen atoms in total. The van der Waals surface area contributed by atoms with Gasteiger partial charge in [-0.15, -0.1) is 0 Å². The maximum Gasteiger partial charge on any atom is 0.225 e. The number of hydrogen-bond donors (Lipinski definition) is 1. The summed E-state index contributed by atoms with van der Waals surface area (Å²) in [6.45, 7) is 2.56. The standard InChI is InChI=1S/C14H24N4O4S/c1-22-8-5-14(19)17-9-12(3-7-16-23(2,20)21)10-18-13(11-17)4-6-15-18/h4,6,12,16H,3,5,7-11H2,1-2H3. The first kappa shape index (κ1) is 17.9. The second kappa shape index (κ2) is 7.89. The minimum absolute atomic E-state index is 0.0440. The number of carbonyl (C=O) groups is 1. The summed E-state index contributed by atoms with van der Waals surface area (Å²) < 4.78 is 31.7. The maximum absolute atomic E-state index is 12.3. The monoisotopic (exact) mass is 344 g/mol. The van der Waals surface area contributed by atoms with Crippen LogP contribution in [0.1, 0.15) is 18.5 Å². The quantitative estimate of drug-likeness (QED) is 0.740. The van der Waals surface area contributed by atoms with E-state index in [1.807, 2.05) is 15.6 Å². The Hall–Kier alpha value is -1.45. The zero-order chi connectivity index (χ0) is 16.9. The summed E-state index contributed by atoms with van der Waals surface area (Å²) in [4.78, 5) is 14.1. The second-order valence-electron chi connectivity index (χ2n) is 5.84. The molecule has 1 aliphatic rings. The van der Waals surface area contributed by atoms with Crippen LogP contribution in [0.4, 0.5) is 0 Å². The van der Waals surface area contributed by atoms with Gasteiger partial charge in [-0.25, -0.2) is 13.1 Å². The third-order valence-corrected chi connectivity index (χ3v) is 4.59. The number of fused-ring (bicyclic) bond motifs is 1. The number of amides is 1. The summed E-state index contributed by atoms with van der Waals surface area (Å²) in [5.41, 5.74) is 0.995. The SMILES string of the molecule is COCCC(=O)N1Cc2ccnn2CC(CCNS(C)(=O)=O)C1. The van der Waals surface area contributed by atoms with E-state index in [1.54, 1.807) is 13.3 Å². The van der Waals surface area contributed by atoms with Crippen LogP contribution in [0.3, 0.4) is 0 Å². The van der Waals surface area contributed by atoms with Crippen LogP contribution in [-0.4, -0.2) is 62.1 Å². The van der Waals surface area contributed by atoms with Gasteiger partial charge in [-0.2, -0.15) is 5.10 Å². The van der Waals surface area contributed by atoms with Gasteiger partial charge in [0.15, 0.2) is 0 Å². The van der Waals surface area contributed by atoms with E-state index in [2.05, 4.69) is 9.82 Å². The van der Waals surface area contributed by atoms with E-state index in [1.165, 1.54) is 0 Å². The van der Waals surface area contributed by atoms with Crippen molar-refractivity contribution in [3.05, 3.63) is 18.0 Å². The third-order valence-electron chi connectivity index (χ3n) is 3.86. The fraction of sp³-hybridized carbons (Fsp3) is 0.714. The molecule has 1 amide bonds. The van der Waals surface area contributed by atoms with Crippen molar-refractivity contribution in [2.45, 2.75) is 25.9 Å². The van der Waals surface area contributed by atoms with Crippen molar-refractivity contribution in [3.63, 3.8) is 0 Å². The van der Waals surface area contributed by atoms with Gasteiger partial charge >= 0.3 is 0 Å². The topological polar surface area (TPSA) is 93.5 Å². The molecular formula is C14H24N4O4S. The number of sulfonamides is 1. The molecule has 130 valence electrons. The minimum atomic E-state index is -3.20. The smallest absolute Gasteiger partial charge is 0.225 e. The number of hydrogen-bond acceptors (Lipinski definition) is 5. The van der Waals surface area contributed by atoms with Crippen molar-refractivity contribution in [3.8, 4) is 0 Å². The molecule has 1 N–H and O–H groups in total. The number of rotatable bonds is 7. The van der Waals surface area contributed by atoms with E-state index in [0.29, 0.717) is 45.6 Å². The molecule has 1 aliphatic heterocycles. The molecule has 0 aliphatic carbocycles. The third kappa shape index (κ3) is 5.60. The molecule has 0 spiro atoms. The average Bonchev–Trinajstić information content (AvgIpc) is 2.82. The summed E-state index contributed by atoms with van der Waals surface area (Å²) in [5, 5.41) is 4.30. The van der Waals surface area contributed by atoms with E-state index < -0.39 is 10.0 Å². The zero-order valence-electron chi connectivity index (χ0n) is 13.6. The van der Waals surface area contributed by atoms with Gasteiger partial charge in [0.2, 0.25) is 15.9 Å². The van der Waals surface area contributed by atoms with Crippen LogP contribution in [0.15, 0.2) is 12.3 Å². The fourth-order valence-corrected chi connectivity index (χ4v) is 3.19. The normalized spacial score (nSPS) is 18.5. The van der Waals surface area contributed by atoms with E-state index in [4.69, 9.17) is 4.74 Å². The van der Waals surface area contributed by atoms with Gasteiger partial charge in [-0.05, 0) is 18.4 Å². The van der Waals surface area contributed by atoms with Crippen LogP contribution in [0.25, 0.3) is 0 Å². The molecule has 1 aromatic heterocycles. The largest absolute Gasteiger partial charge is 0.384 e. The van der Waals surface area contributed by atoms with E-state index in [0.717, 1.165) is 11.9 Å². The molecule has 9 heteroatoms. The molecule has 1 unspecified atom stereocenters. The molecular weight excluding hydrogens is 320 g/mol. The Balaban J connectivity index is 2.02. The van der Waals surface area contributed by atoms with E-state index >= 15 is 0 Å². The Kier molecular flexibility index (Phi) is 6.14. The zero-order valence-corrected chi connectivity index (χ0v) is 14.4. The summed E-state index contributed by atoms with van der Waals surface area (Å²) in [6.07, 6.45) is 3.87. The van der Waals surface area contributed by atoms with Crippen molar-refractivity contribution in [1.29, 1.82) is 0 Å². The number of nitrogens with one attached hydrogen (secondary N) is 1. The molecule has 0 saturated heterocycles. The van der Waals surface area contributed by atoms with Crippen LogP contribution < -0.4 is 4.72 Å². The van der Waals surface area contributed by atoms with Gasteiger partial charge in [0, 0.05) is 32.9 Å². The lowest BCUT2D eigenvalue weighted by atomic mass is 10.1. The molecule has 23 heavy (non-hydrogen) atoms. The Morgan fingerprint density at radius 1 is 1.48 bits per heavy atom. The van der Waals surface area contributed by atoms with Crippen molar-refractivity contribution in [2.24, 2.45) is 5.92 Å². The Morgan fingerprint density at radius 2 is 2.26 bits per heavy atom. The Bertz CT molecular complexity index is 628. The number of ether oxygens (including phenoxy) is 1. The van der Waals surface area contributed by atoms with Crippen molar-refractivity contribution >= 4 is 15.9 Å². The molecule has 0 aromatic carbocycles. The van der Waals surface area contributed by atoms with Gasteiger partial charge in [0.1, 0.15) is 0 Å². The Morgan fingerprint density at radius 3 is 2.96 bits per heavy atom. The first-order chi connectivity index (χ1) is 10.9. The van der Waals surface area contributed by atoms with Gasteiger partial charge < -0.3 is 9.64 Å². The highest BCUT2D eigenvalue weighted by atomic mass is 32.2. The van der Waals surface area contributed by atoms with Gasteiger partial charge in [-0.3, -0.25) is 9.48 Å². The molecule has 2 heterocycles. The highest BCUT2D eigenvalue weighted by molar-refractivity contribution is 7.88. The van der Waals surface area contributed by atoms with Crippen molar-refractivity contribution in [1.82, 2.24) is 19.4 Å². The molecule has 0 bridgehead atoms. The lowest BCUT2D eigenvalue weighted by molar-refractivity contribution is -0.133. The van der Waals surface area contributed by atoms with Crippen LogP contribution in [0, 0.1) is 5.92 Å². The molecule has 2 rings (SSSR count). The van der Waals surface area contributed by atoms with Gasteiger partial charge in [0.05, 0.1) is 31.5 Å². The van der Waals surface area contributed by atoms with E-state index in [9.17, 15) is 13.2 Å². The molecule has 1 aromatic rings. The number of nitrogens with zero attached hydrogens (tertiary/aromatic N) is 3. The molecule has 0 saturated carbocycles. The lowest BCUT2D eigenvalue weighted by Crippen LogP contribution is -2.35. The predicted octanol–water partition coefficient (Wildman–Crippen LogP) is -0.183. The number of carbonyl (C=O) groups excluding carboxylic acids is 1. The van der Waals surface area contributed by atoms with Crippen molar-refractivity contribution in [2.75, 3.05) is 33.1 Å². The van der Waals surface area contributed by atoms with Crippen LogP contribution in [0.5, 0.6) is 0 Å². The lowest BCUT2D eigenvalue weighted by Gasteiger charge is -2.24. The van der Waals surface area contributed by atoms with Crippen LogP contribution in [0.2, 0.25) is 0 Å². The number of methoxy groups -OCH3 is 1. The molecule has 1 atom stereocenters. The Labute approximate surface area is 136 Å². The minimum Gasteiger partial charge on any atom is -0.384 e. The first-order valence-corrected chi connectivity index (χ1v) is 9.50. The predicted molar refractivity (Wildman–Crippen MR) is 85.1 cm³/mol. The summed E-state index contributed by atoms with van der Waals surface area (Å²) in [6, 6.07) is 1.91. The molecule has 0 fully saturated rings. The van der Waals surface area contributed by atoms with Crippen LogP contribution in [-0.2, 0) is 32.6 Å². The molecule has 0 radical (unpaired) electrons. The van der Waals surface area contributed by atoms with E-state index in [-0.39, 0.29) is 11.8 Å². The van der Waals surface area contributed by atoms with Gasteiger partial charge in [0.25, 0.3) is 0 Å². The van der Waals surface area contributed by atoms with Gasteiger partial charge in [-0.1, -0.05) is 0 Å². The first-order valence-electron chi connectivity index (χ1n) is 7.61. The summed E-state index contributed by atoms with van der Waals surface area (Å²) >= 11 is 0. The summed E-state index contributed by atoms with van der Waals surface area (Å²) in [5.74, 6) is 0.194. The number of aromatic nitrogens is 2. The van der Waals surface area contributed by atoms with Crippen molar-refractivity contribution < 1.29 is 17.9 Å². The average molecular weight is 344 g/mol. The highest BCUT2D eigenvalue weighted by Crippen LogP contribution is 2.18. The fourth-order valence-electron chi connectivity index (χ4n) is 2.70. The highest BCUT2D eigenvalue weighted by Gasteiger charge is 2.25. The maximum atomic E-state index is 12.3. The second-order valence-corrected chi connectivity index (χ2v) is 7.68.